The van der Waals surface area contributed by atoms with Crippen LogP contribution in [0, 0.1) is 12.3 Å². The summed E-state index contributed by atoms with van der Waals surface area (Å²) in [4.78, 5) is 41.0. The number of esters is 1. The van der Waals surface area contributed by atoms with Crippen molar-refractivity contribution in [1.29, 1.82) is 0 Å². The quantitative estimate of drug-likeness (QED) is 0.133. The predicted octanol–water partition coefficient (Wildman–Crippen LogP) is 7.23. The number of anilines is 1. The summed E-state index contributed by atoms with van der Waals surface area (Å²) in [6.07, 6.45) is 0.0277. The van der Waals surface area contributed by atoms with Gasteiger partial charge in [0.25, 0.3) is 5.91 Å². The first kappa shape index (κ1) is 34.1. The first-order chi connectivity index (χ1) is 21.7. The van der Waals surface area contributed by atoms with E-state index in [0.29, 0.717) is 48.4 Å². The number of carbonyl (C=O) groups is 3. The van der Waals surface area contributed by atoms with Crippen LogP contribution in [0.2, 0.25) is 0 Å². The summed E-state index contributed by atoms with van der Waals surface area (Å²) in [6.45, 7) is 7.64. The van der Waals surface area contributed by atoms with Crippen molar-refractivity contribution in [3.05, 3.63) is 71.4 Å². The summed E-state index contributed by atoms with van der Waals surface area (Å²) >= 11 is 0. The number of fused-ring (bicyclic) bond motifs is 1. The molecule has 12 heteroatoms. The number of aryl methyl sites for hydroxylation is 1. The Balaban J connectivity index is 1.52. The van der Waals surface area contributed by atoms with Crippen LogP contribution in [0.4, 0.5) is 18.9 Å². The SMILES string of the molecule is COC(=O)CCCCCCNC(=O)c1ccc(-c2ccc3nc(-c4ccc(C)c(NC(=O)C(C)(C)C)c4)cn3n2)c(C(F)(F)F)c1. The highest BCUT2D eigenvalue weighted by Crippen LogP contribution is 2.37. The Morgan fingerprint density at radius 2 is 1.65 bits per heavy atom. The van der Waals surface area contributed by atoms with Crippen LogP contribution in [-0.4, -0.2) is 46.0 Å². The van der Waals surface area contributed by atoms with Crippen LogP contribution in [0.5, 0.6) is 0 Å². The number of benzene rings is 2. The van der Waals surface area contributed by atoms with Crippen LogP contribution in [0.25, 0.3) is 28.2 Å². The van der Waals surface area contributed by atoms with Gasteiger partial charge in [-0.25, -0.2) is 9.50 Å². The minimum atomic E-state index is -4.74. The summed E-state index contributed by atoms with van der Waals surface area (Å²) in [5, 5.41) is 10.0. The number of hydrogen-bond donors (Lipinski definition) is 2. The van der Waals surface area contributed by atoms with Gasteiger partial charge in [0, 0.05) is 40.8 Å². The van der Waals surface area contributed by atoms with Crippen molar-refractivity contribution >= 4 is 29.1 Å². The minimum absolute atomic E-state index is 0.0599. The third kappa shape index (κ3) is 8.49. The number of amides is 2. The molecule has 4 rings (SSSR count). The Kier molecular flexibility index (Phi) is 10.5. The summed E-state index contributed by atoms with van der Waals surface area (Å²) in [6, 6.07) is 12.0. The Morgan fingerprint density at radius 1 is 0.913 bits per heavy atom. The second-order valence-corrected chi connectivity index (χ2v) is 12.1. The normalized spacial score (nSPS) is 11.8. The van der Waals surface area contributed by atoms with Gasteiger partial charge in [-0.1, -0.05) is 51.8 Å². The Morgan fingerprint density at radius 3 is 2.35 bits per heavy atom. The number of methoxy groups -OCH3 is 1. The maximum absolute atomic E-state index is 14.2. The van der Waals surface area contributed by atoms with Gasteiger partial charge >= 0.3 is 12.1 Å². The molecule has 0 bridgehead atoms. The highest BCUT2D eigenvalue weighted by molar-refractivity contribution is 5.96. The number of imidazole rings is 1. The molecule has 244 valence electrons. The second-order valence-electron chi connectivity index (χ2n) is 12.1. The van der Waals surface area contributed by atoms with E-state index in [-0.39, 0.29) is 28.7 Å². The molecule has 0 aliphatic heterocycles. The summed E-state index contributed by atoms with van der Waals surface area (Å²) in [7, 11) is 1.33. The number of ether oxygens (including phenoxy) is 1. The molecule has 0 aliphatic rings. The lowest BCUT2D eigenvalue weighted by atomic mass is 9.95. The van der Waals surface area contributed by atoms with Crippen molar-refractivity contribution in [2.24, 2.45) is 5.41 Å². The minimum Gasteiger partial charge on any atom is -0.469 e. The molecule has 0 fully saturated rings. The van der Waals surface area contributed by atoms with Crippen LogP contribution < -0.4 is 10.6 Å². The smallest absolute Gasteiger partial charge is 0.417 e. The Labute approximate surface area is 265 Å². The zero-order valence-corrected chi connectivity index (χ0v) is 26.5. The van der Waals surface area contributed by atoms with Crippen molar-refractivity contribution in [3.63, 3.8) is 0 Å². The molecule has 2 N–H and O–H groups in total. The van der Waals surface area contributed by atoms with Crippen LogP contribution in [0.15, 0.2) is 54.7 Å². The van der Waals surface area contributed by atoms with E-state index in [1.165, 1.54) is 29.8 Å². The fourth-order valence-electron chi connectivity index (χ4n) is 4.69. The first-order valence-corrected chi connectivity index (χ1v) is 15.0. The van der Waals surface area contributed by atoms with Crippen molar-refractivity contribution < 1.29 is 32.3 Å². The van der Waals surface area contributed by atoms with Crippen molar-refractivity contribution in [1.82, 2.24) is 19.9 Å². The second kappa shape index (κ2) is 14.1. The van der Waals surface area contributed by atoms with Gasteiger partial charge in [-0.2, -0.15) is 18.3 Å². The molecular weight excluding hydrogens is 599 g/mol. The van der Waals surface area contributed by atoms with Gasteiger partial charge in [0.05, 0.1) is 30.3 Å². The number of hydrogen-bond acceptors (Lipinski definition) is 6. The average Bonchev–Trinajstić information content (AvgIpc) is 3.43. The average molecular weight is 638 g/mol. The lowest BCUT2D eigenvalue weighted by molar-refractivity contribution is -0.140. The molecule has 0 unspecified atom stereocenters. The number of unbranched alkanes of at least 4 members (excludes halogenated alkanes) is 3. The molecule has 0 radical (unpaired) electrons. The zero-order chi connectivity index (χ0) is 33.6. The number of carbonyl (C=O) groups excluding carboxylic acids is 3. The molecule has 2 amide bonds. The predicted molar refractivity (Wildman–Crippen MR) is 169 cm³/mol. The van der Waals surface area contributed by atoms with Crippen LogP contribution in [0.3, 0.4) is 0 Å². The van der Waals surface area contributed by atoms with Crippen LogP contribution in [-0.2, 0) is 20.5 Å². The number of alkyl halides is 3. The molecular formula is C34H38F3N5O4. The Bertz CT molecular complexity index is 1740. The van der Waals surface area contributed by atoms with Gasteiger partial charge in [-0.3, -0.25) is 14.4 Å². The number of rotatable bonds is 11. The molecule has 0 atom stereocenters. The fourth-order valence-corrected chi connectivity index (χ4v) is 4.69. The van der Waals surface area contributed by atoms with E-state index in [4.69, 9.17) is 0 Å². The van der Waals surface area contributed by atoms with Gasteiger partial charge in [0.2, 0.25) is 5.91 Å². The van der Waals surface area contributed by atoms with E-state index in [2.05, 4.69) is 25.5 Å². The summed E-state index contributed by atoms with van der Waals surface area (Å²) in [5.41, 5.74) is 1.38. The summed E-state index contributed by atoms with van der Waals surface area (Å²) < 4.78 is 48.7. The number of halogens is 3. The van der Waals surface area contributed by atoms with Gasteiger partial charge < -0.3 is 15.4 Å². The molecule has 0 aliphatic carbocycles. The molecule has 0 saturated carbocycles. The van der Waals surface area contributed by atoms with E-state index < -0.39 is 23.1 Å². The lowest BCUT2D eigenvalue weighted by Gasteiger charge is -2.19. The molecule has 2 aromatic carbocycles. The molecule has 46 heavy (non-hydrogen) atoms. The van der Waals surface area contributed by atoms with Crippen molar-refractivity contribution in [2.45, 2.75) is 66.0 Å². The van der Waals surface area contributed by atoms with Crippen LogP contribution >= 0.6 is 0 Å². The number of nitrogens with zero attached hydrogens (tertiary/aromatic N) is 3. The molecule has 9 nitrogen and oxygen atoms in total. The van der Waals surface area contributed by atoms with Gasteiger partial charge in [-0.15, -0.1) is 0 Å². The summed E-state index contributed by atoms with van der Waals surface area (Å²) in [5.74, 6) is -1.02. The molecule has 2 heterocycles. The molecule has 4 aromatic rings. The fraction of sp³-hybridized carbons (Fsp3) is 0.382. The van der Waals surface area contributed by atoms with Crippen LogP contribution in [0.1, 0.15) is 74.4 Å². The number of nitrogens with one attached hydrogen (secondary N) is 2. The van der Waals surface area contributed by atoms with Crippen molar-refractivity contribution in [3.8, 4) is 22.5 Å². The third-order valence-corrected chi connectivity index (χ3v) is 7.47. The zero-order valence-electron chi connectivity index (χ0n) is 26.5. The highest BCUT2D eigenvalue weighted by Gasteiger charge is 2.35. The highest BCUT2D eigenvalue weighted by atomic mass is 19.4. The lowest BCUT2D eigenvalue weighted by Crippen LogP contribution is -2.27. The Hall–Kier alpha value is -4.74. The van der Waals surface area contributed by atoms with E-state index in [0.717, 1.165) is 24.5 Å². The third-order valence-electron chi connectivity index (χ3n) is 7.47. The first-order valence-electron chi connectivity index (χ1n) is 15.0. The standard InChI is InChI=1S/C34H38F3N5O4/c1-21-11-12-22(19-27(21)40-32(45)33(2,3)4)28-20-42-29(39-28)16-15-26(41-42)24-14-13-23(18-25(24)34(35,36)37)31(44)38-17-9-7-6-8-10-30(43)46-5/h11-16,18-20H,6-10,17H2,1-5H3,(H,38,44)(H,40,45). The van der Waals surface area contributed by atoms with Gasteiger partial charge in [0.1, 0.15) is 0 Å². The van der Waals surface area contributed by atoms with E-state index in [1.807, 2.05) is 39.8 Å². The van der Waals surface area contributed by atoms with Gasteiger partial charge in [0.15, 0.2) is 5.65 Å². The monoisotopic (exact) mass is 637 g/mol. The maximum atomic E-state index is 14.2. The van der Waals surface area contributed by atoms with E-state index in [1.54, 1.807) is 18.3 Å². The van der Waals surface area contributed by atoms with E-state index >= 15 is 0 Å². The molecule has 0 saturated heterocycles. The van der Waals surface area contributed by atoms with Gasteiger partial charge in [-0.05, 0) is 55.7 Å². The largest absolute Gasteiger partial charge is 0.469 e. The number of aromatic nitrogens is 3. The topological polar surface area (TPSA) is 115 Å². The molecule has 0 spiro atoms. The van der Waals surface area contributed by atoms with Crippen molar-refractivity contribution in [2.75, 3.05) is 19.0 Å². The molecule has 2 aromatic heterocycles. The maximum Gasteiger partial charge on any atom is 0.417 e. The van der Waals surface area contributed by atoms with E-state index in [9.17, 15) is 27.6 Å².